The van der Waals surface area contributed by atoms with Crippen molar-refractivity contribution in [3.63, 3.8) is 0 Å². The van der Waals surface area contributed by atoms with Crippen LogP contribution in [-0.4, -0.2) is 91.2 Å². The van der Waals surface area contributed by atoms with Crippen molar-refractivity contribution >= 4 is 6.03 Å². The van der Waals surface area contributed by atoms with Gasteiger partial charge in [0.25, 0.3) is 0 Å². The average molecular weight is 378 g/mol. The first-order chi connectivity index (χ1) is 13.1. The fraction of sp³-hybridized carbons (Fsp3) is 0.952. The predicted octanol–water partition coefficient (Wildman–Crippen LogP) is 1.57. The Morgan fingerprint density at radius 1 is 0.926 bits per heavy atom. The number of carbonyl (C=O) groups is 1. The molecule has 6 heteroatoms. The van der Waals surface area contributed by atoms with Crippen LogP contribution in [0.15, 0.2) is 0 Å². The third-order valence-electron chi connectivity index (χ3n) is 7.75. The molecule has 4 aliphatic rings. The molecule has 1 aliphatic carbocycles. The second-order valence-electron chi connectivity index (χ2n) is 9.48. The molecule has 5 atom stereocenters. The first-order valence-electron chi connectivity index (χ1n) is 11.3. The number of rotatable bonds is 4. The van der Waals surface area contributed by atoms with E-state index >= 15 is 0 Å². The molecule has 154 valence electrons. The summed E-state index contributed by atoms with van der Waals surface area (Å²) in [5, 5.41) is 6.85. The molecule has 0 radical (unpaired) electrons. The van der Waals surface area contributed by atoms with E-state index in [4.69, 9.17) is 0 Å². The maximum absolute atomic E-state index is 12.7. The maximum atomic E-state index is 12.7. The Morgan fingerprint density at radius 2 is 1.63 bits per heavy atom. The highest BCUT2D eigenvalue weighted by Crippen LogP contribution is 2.32. The molecular weight excluding hydrogens is 338 g/mol. The lowest BCUT2D eigenvalue weighted by Crippen LogP contribution is -2.55. The fourth-order valence-electron chi connectivity index (χ4n) is 5.82. The average Bonchev–Trinajstić information content (AvgIpc) is 3.26. The Morgan fingerprint density at radius 3 is 2.37 bits per heavy atom. The molecule has 0 aromatic heterocycles. The van der Waals surface area contributed by atoms with Gasteiger partial charge in [-0.3, -0.25) is 9.80 Å². The van der Waals surface area contributed by atoms with E-state index in [1.165, 1.54) is 32.4 Å². The van der Waals surface area contributed by atoms with Gasteiger partial charge in [0.15, 0.2) is 0 Å². The maximum Gasteiger partial charge on any atom is 0.317 e. The van der Waals surface area contributed by atoms with Gasteiger partial charge in [-0.15, -0.1) is 0 Å². The molecule has 2 amide bonds. The molecule has 0 spiro atoms. The highest BCUT2D eigenvalue weighted by molar-refractivity contribution is 5.74. The smallest absolute Gasteiger partial charge is 0.317 e. The molecule has 0 bridgehead atoms. The molecule has 5 unspecified atom stereocenters. The number of nitrogens with one attached hydrogen (secondary N) is 2. The first kappa shape index (κ1) is 19.5. The number of urea groups is 1. The normalized spacial score (nSPS) is 38.1. The number of likely N-dealkylation sites (tertiary alicyclic amines) is 1. The second kappa shape index (κ2) is 8.66. The highest BCUT2D eigenvalue weighted by atomic mass is 16.2. The number of nitrogens with zero attached hydrogens (tertiary/aromatic N) is 3. The monoisotopic (exact) mass is 377 g/mol. The topological polar surface area (TPSA) is 50.9 Å². The van der Waals surface area contributed by atoms with Crippen molar-refractivity contribution in [2.45, 2.75) is 64.1 Å². The molecule has 27 heavy (non-hydrogen) atoms. The van der Waals surface area contributed by atoms with E-state index in [9.17, 15) is 4.79 Å². The minimum absolute atomic E-state index is 0.172. The van der Waals surface area contributed by atoms with Gasteiger partial charge < -0.3 is 15.5 Å². The third kappa shape index (κ3) is 4.60. The third-order valence-corrected chi connectivity index (χ3v) is 7.75. The van der Waals surface area contributed by atoms with Gasteiger partial charge >= 0.3 is 6.03 Å². The molecule has 3 saturated heterocycles. The zero-order valence-electron chi connectivity index (χ0n) is 17.3. The molecule has 1 saturated carbocycles. The Labute approximate surface area is 165 Å². The summed E-state index contributed by atoms with van der Waals surface area (Å²) >= 11 is 0. The van der Waals surface area contributed by atoms with Crippen LogP contribution in [0.4, 0.5) is 4.79 Å². The van der Waals surface area contributed by atoms with E-state index in [1.54, 1.807) is 0 Å². The summed E-state index contributed by atoms with van der Waals surface area (Å²) in [6.45, 7) is 13.1. The van der Waals surface area contributed by atoms with E-state index in [0.717, 1.165) is 76.0 Å². The van der Waals surface area contributed by atoms with Crippen molar-refractivity contribution in [2.24, 2.45) is 11.8 Å². The predicted molar refractivity (Wildman–Crippen MR) is 109 cm³/mol. The van der Waals surface area contributed by atoms with Crippen LogP contribution >= 0.6 is 0 Å². The lowest BCUT2D eigenvalue weighted by atomic mass is 9.79. The fourth-order valence-corrected chi connectivity index (χ4v) is 5.82. The van der Waals surface area contributed by atoms with Crippen LogP contribution in [-0.2, 0) is 0 Å². The number of piperazine rings is 1. The lowest BCUT2D eigenvalue weighted by Gasteiger charge is -2.38. The quantitative estimate of drug-likeness (QED) is 0.781. The summed E-state index contributed by atoms with van der Waals surface area (Å²) in [4.78, 5) is 19.9. The molecule has 4 fully saturated rings. The van der Waals surface area contributed by atoms with Gasteiger partial charge in [-0.2, -0.15) is 0 Å². The Bertz CT molecular complexity index is 497. The number of amides is 2. The van der Waals surface area contributed by atoms with Crippen molar-refractivity contribution in [3.8, 4) is 0 Å². The molecule has 6 nitrogen and oxygen atoms in total. The van der Waals surface area contributed by atoms with Crippen LogP contribution in [0.2, 0.25) is 0 Å². The van der Waals surface area contributed by atoms with Crippen LogP contribution in [0.5, 0.6) is 0 Å². The van der Waals surface area contributed by atoms with Gasteiger partial charge in [0.2, 0.25) is 0 Å². The van der Waals surface area contributed by atoms with E-state index < -0.39 is 0 Å². The Kier molecular flexibility index (Phi) is 6.25. The standard InChI is InChI=1S/C21H39N5O/c1-16-3-4-17(2)26(16)12-9-24-7-10-25(11-8-24)21(27)23-20-6-5-18-14-22-15-19(18)13-20/h16-20,22H,3-15H2,1-2H3,(H,23,27). The molecular formula is C21H39N5O. The van der Waals surface area contributed by atoms with E-state index in [2.05, 4.69) is 34.3 Å². The largest absolute Gasteiger partial charge is 0.335 e. The van der Waals surface area contributed by atoms with Gasteiger partial charge in [0, 0.05) is 57.4 Å². The summed E-state index contributed by atoms with van der Waals surface area (Å²) < 4.78 is 0. The van der Waals surface area contributed by atoms with Gasteiger partial charge in [0.1, 0.15) is 0 Å². The number of fused-ring (bicyclic) bond motifs is 1. The molecule has 3 heterocycles. The van der Waals surface area contributed by atoms with E-state index in [1.807, 2.05) is 4.90 Å². The summed E-state index contributed by atoms with van der Waals surface area (Å²) in [5.74, 6) is 1.62. The molecule has 3 aliphatic heterocycles. The SMILES string of the molecule is CC1CCC(C)N1CCN1CCN(C(=O)NC2CCC3CNCC3C2)CC1. The van der Waals surface area contributed by atoms with E-state index in [-0.39, 0.29) is 6.03 Å². The summed E-state index contributed by atoms with van der Waals surface area (Å²) in [6.07, 6.45) is 6.27. The Hall–Kier alpha value is -0.850. The highest BCUT2D eigenvalue weighted by Gasteiger charge is 2.35. The van der Waals surface area contributed by atoms with E-state index in [0.29, 0.717) is 6.04 Å². The van der Waals surface area contributed by atoms with Crippen molar-refractivity contribution in [2.75, 3.05) is 52.4 Å². The van der Waals surface area contributed by atoms with Gasteiger partial charge in [-0.05, 0) is 70.9 Å². The van der Waals surface area contributed by atoms with Gasteiger partial charge in [0.05, 0.1) is 0 Å². The number of hydrogen-bond donors (Lipinski definition) is 2. The minimum Gasteiger partial charge on any atom is -0.335 e. The van der Waals surface area contributed by atoms with Crippen molar-refractivity contribution < 1.29 is 4.79 Å². The second-order valence-corrected chi connectivity index (χ2v) is 9.48. The molecule has 0 aromatic carbocycles. The Balaban J connectivity index is 1.16. The molecule has 0 aromatic rings. The van der Waals surface area contributed by atoms with Crippen LogP contribution in [0, 0.1) is 11.8 Å². The van der Waals surface area contributed by atoms with Crippen LogP contribution in [0.1, 0.15) is 46.0 Å². The zero-order chi connectivity index (χ0) is 18.8. The molecule has 4 rings (SSSR count). The van der Waals surface area contributed by atoms with Crippen LogP contribution < -0.4 is 10.6 Å². The number of carbonyl (C=O) groups excluding carboxylic acids is 1. The van der Waals surface area contributed by atoms with Crippen LogP contribution in [0.25, 0.3) is 0 Å². The van der Waals surface area contributed by atoms with Crippen molar-refractivity contribution in [3.05, 3.63) is 0 Å². The lowest BCUT2D eigenvalue weighted by molar-refractivity contribution is 0.115. The van der Waals surface area contributed by atoms with Crippen LogP contribution in [0.3, 0.4) is 0 Å². The van der Waals surface area contributed by atoms with Gasteiger partial charge in [-0.1, -0.05) is 0 Å². The minimum atomic E-state index is 0.172. The van der Waals surface area contributed by atoms with Gasteiger partial charge in [-0.25, -0.2) is 4.79 Å². The molecule has 2 N–H and O–H groups in total. The van der Waals surface area contributed by atoms with Crippen molar-refractivity contribution in [1.82, 2.24) is 25.3 Å². The van der Waals surface area contributed by atoms with Crippen molar-refractivity contribution in [1.29, 1.82) is 0 Å². The summed E-state index contributed by atoms with van der Waals surface area (Å²) in [5.41, 5.74) is 0. The first-order valence-corrected chi connectivity index (χ1v) is 11.3. The number of hydrogen-bond acceptors (Lipinski definition) is 4. The summed E-state index contributed by atoms with van der Waals surface area (Å²) in [6, 6.07) is 2.02. The zero-order valence-corrected chi connectivity index (χ0v) is 17.3. The summed E-state index contributed by atoms with van der Waals surface area (Å²) in [7, 11) is 0.